The second-order valence-electron chi connectivity index (χ2n) is 10.8. The summed E-state index contributed by atoms with van der Waals surface area (Å²) in [5.41, 5.74) is 13.9. The van der Waals surface area contributed by atoms with Gasteiger partial charge in [0.1, 0.15) is 5.82 Å². The number of hydrogen-bond acceptors (Lipinski definition) is 6. The molecule has 5 N–H and O–H groups in total. The quantitative estimate of drug-likeness (QED) is 0.629. The Hall–Kier alpha value is -2.75. The zero-order chi connectivity index (χ0) is 23.4. The summed E-state index contributed by atoms with van der Waals surface area (Å²) in [5.74, 6) is 1.63. The molecule has 1 aromatic carbocycles. The van der Waals surface area contributed by atoms with Crippen LogP contribution < -0.4 is 22.5 Å². The summed E-state index contributed by atoms with van der Waals surface area (Å²) in [6.07, 6.45) is 5.78. The molecule has 34 heavy (non-hydrogen) atoms. The monoisotopic (exact) mass is 463 g/mol. The maximum Gasteiger partial charge on any atom is 0.354 e. The molecular formula is C25H33N7O2. The van der Waals surface area contributed by atoms with Crippen LogP contribution in [0.1, 0.15) is 31.2 Å². The molecule has 2 aromatic rings. The summed E-state index contributed by atoms with van der Waals surface area (Å²) in [4.78, 5) is 33.7. The van der Waals surface area contributed by atoms with Crippen LogP contribution in [0.15, 0.2) is 41.3 Å². The van der Waals surface area contributed by atoms with Gasteiger partial charge in [-0.2, -0.15) is 4.98 Å². The van der Waals surface area contributed by atoms with Gasteiger partial charge in [-0.3, -0.25) is 14.8 Å². The van der Waals surface area contributed by atoms with Crippen molar-refractivity contribution in [1.82, 2.24) is 19.4 Å². The number of carbonyl (C=O) groups is 1. The van der Waals surface area contributed by atoms with Crippen molar-refractivity contribution in [1.29, 1.82) is 0 Å². The first-order valence-electron chi connectivity index (χ1n) is 12.4. The number of nitrogens with one attached hydrogen (secondary N) is 1. The maximum absolute atomic E-state index is 12.7. The molecule has 4 fully saturated rings. The number of aromatic nitrogens is 2. The van der Waals surface area contributed by atoms with E-state index in [-0.39, 0.29) is 11.8 Å². The van der Waals surface area contributed by atoms with Crippen molar-refractivity contribution in [3.63, 3.8) is 0 Å². The van der Waals surface area contributed by atoms with E-state index in [1.54, 1.807) is 17.2 Å². The van der Waals surface area contributed by atoms with Gasteiger partial charge in [-0.1, -0.05) is 12.1 Å². The average Bonchev–Trinajstić information content (AvgIpc) is 3.19. The van der Waals surface area contributed by atoms with Gasteiger partial charge in [0, 0.05) is 51.0 Å². The molecule has 2 saturated carbocycles. The van der Waals surface area contributed by atoms with Gasteiger partial charge in [-0.05, 0) is 66.7 Å². The number of carbonyl (C=O) groups excluding carboxylic acids is 1. The zero-order valence-corrected chi connectivity index (χ0v) is 19.4. The minimum absolute atomic E-state index is 0.201. The van der Waals surface area contributed by atoms with E-state index in [2.05, 4.69) is 27.3 Å². The number of fused-ring (bicyclic) bond motifs is 1. The van der Waals surface area contributed by atoms with Crippen LogP contribution in [-0.4, -0.2) is 63.6 Å². The Morgan fingerprint density at radius 1 is 1.06 bits per heavy atom. The van der Waals surface area contributed by atoms with Crippen LogP contribution in [0.5, 0.6) is 0 Å². The van der Waals surface area contributed by atoms with E-state index in [1.165, 1.54) is 10.1 Å². The lowest BCUT2D eigenvalue weighted by Gasteiger charge is -2.51. The van der Waals surface area contributed by atoms with Crippen LogP contribution in [-0.2, 0) is 6.54 Å². The van der Waals surface area contributed by atoms with Crippen molar-refractivity contribution < 1.29 is 4.79 Å². The maximum atomic E-state index is 12.7. The number of urea groups is 1. The van der Waals surface area contributed by atoms with E-state index >= 15 is 0 Å². The van der Waals surface area contributed by atoms with E-state index in [4.69, 9.17) is 11.5 Å². The van der Waals surface area contributed by atoms with Crippen molar-refractivity contribution in [2.24, 2.45) is 28.7 Å². The number of anilines is 1. The van der Waals surface area contributed by atoms with Gasteiger partial charge in [-0.25, -0.2) is 9.59 Å². The zero-order valence-electron chi connectivity index (χ0n) is 19.4. The molecule has 9 heteroatoms. The smallest absolute Gasteiger partial charge is 0.328 e. The van der Waals surface area contributed by atoms with Gasteiger partial charge in [0.25, 0.3) is 0 Å². The molecule has 2 atom stereocenters. The van der Waals surface area contributed by atoms with E-state index in [0.717, 1.165) is 51.0 Å². The van der Waals surface area contributed by atoms with Crippen molar-refractivity contribution in [3.05, 3.63) is 52.6 Å². The molecule has 2 amide bonds. The molecule has 180 valence electrons. The molecule has 0 radical (unpaired) electrons. The van der Waals surface area contributed by atoms with Crippen molar-refractivity contribution in [3.8, 4) is 5.69 Å². The average molecular weight is 464 g/mol. The van der Waals surface area contributed by atoms with E-state index in [0.29, 0.717) is 42.4 Å². The highest BCUT2D eigenvalue weighted by molar-refractivity contribution is 5.88. The predicted molar refractivity (Wildman–Crippen MR) is 130 cm³/mol. The summed E-state index contributed by atoms with van der Waals surface area (Å²) < 4.78 is 1.49. The third-order valence-electron chi connectivity index (χ3n) is 8.50. The van der Waals surface area contributed by atoms with Crippen molar-refractivity contribution in [2.75, 3.05) is 31.5 Å². The summed E-state index contributed by atoms with van der Waals surface area (Å²) >= 11 is 0. The Balaban J connectivity index is 1.05. The Labute approximate surface area is 199 Å². The molecule has 2 saturated heterocycles. The minimum atomic E-state index is -0.416. The number of benzene rings is 1. The van der Waals surface area contributed by atoms with Gasteiger partial charge >= 0.3 is 11.7 Å². The molecule has 1 spiro atoms. The normalized spacial score (nSPS) is 27.9. The van der Waals surface area contributed by atoms with Crippen LogP contribution in [0.3, 0.4) is 0 Å². The Bertz CT molecular complexity index is 1120. The molecular weight excluding hydrogens is 430 g/mol. The number of likely N-dealkylation sites (tertiary alicyclic amines) is 2. The Kier molecular flexibility index (Phi) is 5.24. The fraction of sp³-hybridized carbons (Fsp3) is 0.560. The van der Waals surface area contributed by atoms with Crippen LogP contribution in [0, 0.1) is 17.3 Å². The molecule has 9 nitrogen and oxygen atoms in total. The predicted octanol–water partition coefficient (Wildman–Crippen LogP) is 1.36. The van der Waals surface area contributed by atoms with Crippen LogP contribution in [0.25, 0.3) is 5.69 Å². The fourth-order valence-electron chi connectivity index (χ4n) is 6.31. The lowest BCUT2D eigenvalue weighted by Crippen LogP contribution is -2.53. The first-order chi connectivity index (χ1) is 16.4. The van der Waals surface area contributed by atoms with E-state index < -0.39 is 5.69 Å². The number of rotatable bonds is 4. The highest BCUT2D eigenvalue weighted by Crippen LogP contribution is 2.48. The molecule has 4 aliphatic rings. The van der Waals surface area contributed by atoms with Crippen LogP contribution >= 0.6 is 0 Å². The highest BCUT2D eigenvalue weighted by Gasteiger charge is 2.53. The molecule has 3 heterocycles. The van der Waals surface area contributed by atoms with E-state index in [1.807, 2.05) is 12.1 Å². The van der Waals surface area contributed by atoms with E-state index in [9.17, 15) is 9.59 Å². The Morgan fingerprint density at radius 3 is 2.35 bits per heavy atom. The van der Waals surface area contributed by atoms with Gasteiger partial charge in [0.15, 0.2) is 0 Å². The molecule has 0 bridgehead atoms. The summed E-state index contributed by atoms with van der Waals surface area (Å²) in [6.45, 7) is 4.50. The Morgan fingerprint density at radius 2 is 1.74 bits per heavy atom. The first kappa shape index (κ1) is 21.8. The lowest BCUT2D eigenvalue weighted by molar-refractivity contribution is 0.0317. The van der Waals surface area contributed by atoms with Gasteiger partial charge < -0.3 is 16.4 Å². The summed E-state index contributed by atoms with van der Waals surface area (Å²) in [5, 5.41) is 2.79. The van der Waals surface area contributed by atoms with Crippen LogP contribution in [0.2, 0.25) is 0 Å². The fourth-order valence-corrected chi connectivity index (χ4v) is 6.31. The van der Waals surface area contributed by atoms with Crippen molar-refractivity contribution in [2.45, 2.75) is 44.3 Å². The van der Waals surface area contributed by atoms with Gasteiger partial charge in [0.2, 0.25) is 0 Å². The second-order valence-corrected chi connectivity index (χ2v) is 10.8. The van der Waals surface area contributed by atoms with Crippen LogP contribution in [0.4, 0.5) is 10.6 Å². The number of hydrogen-bond donors (Lipinski definition) is 3. The topological polar surface area (TPSA) is 123 Å². The standard InChI is InChI=1S/C25H33N7O2/c26-17-11-25(12-17)6-9-31(10-7-25)23(33)28-21-5-8-32(24(34)29-21)18-3-1-16(2-4-18)13-30-14-19-20(15-30)22(19)27/h1-5,8,17,19-20,22H,6-7,9-15,26-27H2,(H,28,29,33,34). The molecule has 6 rings (SSSR count). The molecule has 1 aromatic heterocycles. The molecule has 2 unspecified atom stereocenters. The number of nitrogens with zero attached hydrogens (tertiary/aromatic N) is 4. The summed E-state index contributed by atoms with van der Waals surface area (Å²) in [6, 6.07) is 10.2. The number of amides is 2. The third kappa shape index (κ3) is 4.01. The minimum Gasteiger partial charge on any atom is -0.328 e. The number of nitrogens with two attached hydrogens (primary N) is 2. The summed E-state index contributed by atoms with van der Waals surface area (Å²) in [7, 11) is 0. The highest BCUT2D eigenvalue weighted by atomic mass is 16.2. The van der Waals surface area contributed by atoms with Gasteiger partial charge in [0.05, 0.1) is 5.69 Å². The SMILES string of the molecule is NC1CC2(CCN(C(=O)Nc3ccn(-c4ccc(CN5CC6C(N)C6C5)cc4)c(=O)n3)CC2)C1. The van der Waals surface area contributed by atoms with Gasteiger partial charge in [-0.15, -0.1) is 0 Å². The number of piperidine rings is 2. The lowest BCUT2D eigenvalue weighted by atomic mass is 9.61. The first-order valence-corrected chi connectivity index (χ1v) is 12.4. The van der Waals surface area contributed by atoms with Crippen molar-refractivity contribution >= 4 is 11.8 Å². The molecule has 2 aliphatic heterocycles. The molecule has 2 aliphatic carbocycles. The third-order valence-corrected chi connectivity index (χ3v) is 8.50. The second kappa shape index (κ2) is 8.18. The largest absolute Gasteiger partial charge is 0.354 e.